The Morgan fingerprint density at radius 1 is 0.583 bits per heavy atom. The standard InChI is InChI=1S/C24H20Cl6N4O2/c25-23(26,27)21-31-17-11-5-3-9-15(17)19(35)33(21)13-7-1-2-8-14-34-20(36)16-10-4-6-12-18(16)32-22(34)24(28,29)30/h3-6,9-12H,1-2,7-8,13-14H2. The van der Waals surface area contributed by atoms with Crippen LogP contribution in [0.25, 0.3) is 21.8 Å². The Labute approximate surface area is 236 Å². The molecular formula is C24H20Cl6N4O2. The van der Waals surface area contributed by atoms with Crippen LogP contribution >= 0.6 is 69.6 Å². The van der Waals surface area contributed by atoms with E-state index in [9.17, 15) is 9.59 Å². The van der Waals surface area contributed by atoms with Crippen molar-refractivity contribution in [3.05, 3.63) is 80.9 Å². The Morgan fingerprint density at radius 3 is 1.31 bits per heavy atom. The molecule has 0 N–H and O–H groups in total. The highest BCUT2D eigenvalue weighted by molar-refractivity contribution is 6.67. The lowest BCUT2D eigenvalue weighted by molar-refractivity contribution is 0.510. The lowest BCUT2D eigenvalue weighted by atomic mass is 10.1. The van der Waals surface area contributed by atoms with Crippen LogP contribution in [-0.2, 0) is 20.7 Å². The monoisotopic (exact) mass is 606 g/mol. The average molecular weight is 609 g/mol. The molecule has 0 amide bonds. The molecule has 0 radical (unpaired) electrons. The summed E-state index contributed by atoms with van der Waals surface area (Å²) in [6, 6.07) is 13.9. The smallest absolute Gasteiger partial charge is 0.261 e. The topological polar surface area (TPSA) is 69.8 Å². The van der Waals surface area contributed by atoms with Crippen LogP contribution in [0.5, 0.6) is 0 Å². The summed E-state index contributed by atoms with van der Waals surface area (Å²) in [4.78, 5) is 34.9. The number of para-hydroxylation sites is 2. The highest BCUT2D eigenvalue weighted by atomic mass is 35.6. The van der Waals surface area contributed by atoms with Gasteiger partial charge < -0.3 is 0 Å². The van der Waals surface area contributed by atoms with Crippen LogP contribution < -0.4 is 11.1 Å². The van der Waals surface area contributed by atoms with Gasteiger partial charge in [-0.15, -0.1) is 0 Å². The Balaban J connectivity index is 1.46. The van der Waals surface area contributed by atoms with E-state index >= 15 is 0 Å². The Morgan fingerprint density at radius 2 is 0.944 bits per heavy atom. The van der Waals surface area contributed by atoms with Crippen molar-refractivity contribution in [2.75, 3.05) is 0 Å². The molecule has 2 heterocycles. The van der Waals surface area contributed by atoms with E-state index in [1.807, 2.05) is 0 Å². The van der Waals surface area contributed by atoms with Gasteiger partial charge >= 0.3 is 0 Å². The zero-order chi connectivity index (χ0) is 26.1. The fourth-order valence-corrected chi connectivity index (χ4v) is 4.94. The largest absolute Gasteiger partial charge is 0.292 e. The van der Waals surface area contributed by atoms with Crippen molar-refractivity contribution in [3.8, 4) is 0 Å². The molecule has 2 aromatic carbocycles. The van der Waals surface area contributed by atoms with Gasteiger partial charge in [0, 0.05) is 13.1 Å². The first-order valence-electron chi connectivity index (χ1n) is 11.1. The first kappa shape index (κ1) is 27.5. The molecule has 190 valence electrons. The maximum atomic E-state index is 13.0. The Hall–Kier alpha value is -1.54. The lowest BCUT2D eigenvalue weighted by Gasteiger charge is -2.19. The summed E-state index contributed by atoms with van der Waals surface area (Å²) < 4.78 is -0.871. The number of aromatic nitrogens is 4. The molecule has 0 atom stereocenters. The SMILES string of the molecule is O=c1c2ccccc2nc(C(Cl)(Cl)Cl)n1CCCCCCn1c(C(Cl)(Cl)Cl)nc2ccccc2c1=O. The van der Waals surface area contributed by atoms with Crippen LogP contribution in [-0.4, -0.2) is 19.1 Å². The minimum absolute atomic E-state index is 0.0808. The molecule has 4 aromatic rings. The van der Waals surface area contributed by atoms with Gasteiger partial charge in [-0.3, -0.25) is 18.7 Å². The molecule has 0 fully saturated rings. The maximum Gasteiger partial charge on any atom is 0.261 e. The van der Waals surface area contributed by atoms with E-state index in [-0.39, 0.29) is 22.8 Å². The number of unbranched alkanes of at least 4 members (excludes halogenated alkanes) is 3. The molecule has 12 heteroatoms. The Kier molecular flexibility index (Phi) is 8.45. The van der Waals surface area contributed by atoms with Crippen molar-refractivity contribution in [3.63, 3.8) is 0 Å². The quantitative estimate of drug-likeness (QED) is 0.167. The first-order valence-corrected chi connectivity index (χ1v) is 13.4. The van der Waals surface area contributed by atoms with Crippen molar-refractivity contribution in [1.29, 1.82) is 0 Å². The van der Waals surface area contributed by atoms with Gasteiger partial charge in [-0.25, -0.2) is 9.97 Å². The predicted octanol–water partition coefficient (Wildman–Crippen LogP) is 7.02. The van der Waals surface area contributed by atoms with E-state index in [2.05, 4.69) is 9.97 Å². The van der Waals surface area contributed by atoms with E-state index in [4.69, 9.17) is 69.6 Å². The zero-order valence-corrected chi connectivity index (χ0v) is 23.3. The van der Waals surface area contributed by atoms with Gasteiger partial charge in [0.1, 0.15) is 0 Å². The van der Waals surface area contributed by atoms with Crippen LogP contribution in [0.15, 0.2) is 58.1 Å². The van der Waals surface area contributed by atoms with E-state index in [0.717, 1.165) is 12.8 Å². The molecule has 0 bridgehead atoms. The minimum atomic E-state index is -1.85. The van der Waals surface area contributed by atoms with Gasteiger partial charge in [0.05, 0.1) is 21.8 Å². The van der Waals surface area contributed by atoms with Gasteiger partial charge in [0.2, 0.25) is 7.59 Å². The van der Waals surface area contributed by atoms with Crippen LogP contribution in [0.4, 0.5) is 0 Å². The summed E-state index contributed by atoms with van der Waals surface area (Å²) in [5.41, 5.74) is 0.421. The number of alkyl halides is 6. The van der Waals surface area contributed by atoms with E-state index in [1.165, 1.54) is 9.13 Å². The normalized spacial score (nSPS) is 12.5. The third kappa shape index (κ3) is 5.95. The molecule has 6 nitrogen and oxygen atoms in total. The molecule has 2 aromatic heterocycles. The molecule has 0 spiro atoms. The van der Waals surface area contributed by atoms with Crippen molar-refractivity contribution < 1.29 is 0 Å². The fourth-order valence-electron chi connectivity index (χ4n) is 4.08. The number of hydrogen-bond acceptors (Lipinski definition) is 4. The molecule has 36 heavy (non-hydrogen) atoms. The average Bonchev–Trinajstić information content (AvgIpc) is 2.82. The van der Waals surface area contributed by atoms with Crippen molar-refractivity contribution >= 4 is 91.4 Å². The summed E-state index contributed by atoms with van der Waals surface area (Å²) in [6.45, 7) is 0.660. The molecule has 0 saturated heterocycles. The molecule has 0 aliphatic carbocycles. The van der Waals surface area contributed by atoms with E-state index in [1.54, 1.807) is 48.5 Å². The predicted molar refractivity (Wildman–Crippen MR) is 149 cm³/mol. The molecular weight excluding hydrogens is 589 g/mol. The molecule has 0 aliphatic rings. The summed E-state index contributed by atoms with van der Waals surface area (Å²) in [7, 11) is 0. The second kappa shape index (κ2) is 11.1. The molecule has 4 rings (SSSR count). The highest BCUT2D eigenvalue weighted by Crippen LogP contribution is 2.38. The molecule has 0 unspecified atom stereocenters. The van der Waals surface area contributed by atoms with Crippen LogP contribution in [0, 0.1) is 0 Å². The summed E-state index contributed by atoms with van der Waals surface area (Å²) in [5.74, 6) is 0.162. The van der Waals surface area contributed by atoms with E-state index < -0.39 is 7.59 Å². The van der Waals surface area contributed by atoms with Gasteiger partial charge in [-0.1, -0.05) is 107 Å². The summed E-state index contributed by atoms with van der Waals surface area (Å²) in [6.07, 6.45) is 2.76. The molecule has 0 aliphatic heterocycles. The van der Waals surface area contributed by atoms with Crippen LogP contribution in [0.2, 0.25) is 0 Å². The second-order valence-electron chi connectivity index (χ2n) is 8.23. The number of nitrogens with zero attached hydrogens (tertiary/aromatic N) is 4. The van der Waals surface area contributed by atoms with Gasteiger partial charge in [0.15, 0.2) is 11.6 Å². The van der Waals surface area contributed by atoms with Crippen molar-refractivity contribution in [2.45, 2.75) is 46.4 Å². The fraction of sp³-hybridized carbons (Fsp3) is 0.333. The van der Waals surface area contributed by atoms with Gasteiger partial charge in [0.25, 0.3) is 11.1 Å². The number of hydrogen-bond donors (Lipinski definition) is 0. The van der Waals surface area contributed by atoms with Crippen molar-refractivity contribution in [1.82, 2.24) is 19.1 Å². The van der Waals surface area contributed by atoms with Crippen molar-refractivity contribution in [2.24, 2.45) is 0 Å². The first-order chi connectivity index (χ1) is 17.0. The lowest BCUT2D eigenvalue weighted by Crippen LogP contribution is -2.29. The number of halogens is 6. The van der Waals surface area contributed by atoms with Gasteiger partial charge in [-0.05, 0) is 37.1 Å². The van der Waals surface area contributed by atoms with Crippen LogP contribution in [0.3, 0.4) is 0 Å². The summed E-state index contributed by atoms with van der Waals surface area (Å²) in [5, 5.41) is 0.913. The third-order valence-corrected chi connectivity index (χ3v) is 6.76. The second-order valence-corrected chi connectivity index (χ2v) is 12.8. The third-order valence-electron chi connectivity index (χ3n) is 5.74. The number of benzene rings is 2. The minimum Gasteiger partial charge on any atom is -0.292 e. The number of rotatable bonds is 7. The maximum absolute atomic E-state index is 13.0. The van der Waals surface area contributed by atoms with Gasteiger partial charge in [-0.2, -0.15) is 0 Å². The van der Waals surface area contributed by atoms with E-state index in [0.29, 0.717) is 47.7 Å². The summed E-state index contributed by atoms with van der Waals surface area (Å²) >= 11 is 36.7. The zero-order valence-electron chi connectivity index (χ0n) is 18.7. The molecule has 0 saturated carbocycles. The highest BCUT2D eigenvalue weighted by Gasteiger charge is 2.31. The number of fused-ring (bicyclic) bond motifs is 2. The van der Waals surface area contributed by atoms with Crippen LogP contribution in [0.1, 0.15) is 37.3 Å². The Bertz CT molecular complexity index is 1410.